The van der Waals surface area contributed by atoms with E-state index in [1.807, 2.05) is 0 Å². The highest BCUT2D eigenvalue weighted by molar-refractivity contribution is 5.79. The van der Waals surface area contributed by atoms with Crippen LogP contribution in [0, 0.1) is 11.8 Å². The molecule has 1 saturated heterocycles. The number of aryl methyl sites for hydroxylation is 1. The van der Waals surface area contributed by atoms with Crippen molar-refractivity contribution >= 4 is 5.97 Å². The van der Waals surface area contributed by atoms with Crippen LogP contribution in [-0.2, 0) is 16.0 Å². The Balaban J connectivity index is 1.44. The number of carbonyl (C=O) groups is 1. The summed E-state index contributed by atoms with van der Waals surface area (Å²) in [5.41, 5.74) is 2.45. The van der Waals surface area contributed by atoms with Crippen molar-refractivity contribution in [2.24, 2.45) is 11.8 Å². The molecule has 2 aliphatic rings. The van der Waals surface area contributed by atoms with Crippen molar-refractivity contribution in [1.82, 2.24) is 0 Å². The van der Waals surface area contributed by atoms with Gasteiger partial charge in [0.25, 0.3) is 0 Å². The molecule has 1 aliphatic heterocycles. The number of carbonyl (C=O) groups excluding carboxylic acids is 1. The van der Waals surface area contributed by atoms with Gasteiger partial charge in [0.2, 0.25) is 0 Å². The summed E-state index contributed by atoms with van der Waals surface area (Å²) in [6, 6.07) is 8.50. The summed E-state index contributed by atoms with van der Waals surface area (Å²) in [6.45, 7) is 4.47. The average molecular weight is 343 g/mol. The van der Waals surface area contributed by atoms with Crippen LogP contribution in [-0.4, -0.2) is 12.1 Å². The van der Waals surface area contributed by atoms with Gasteiger partial charge in [0, 0.05) is 0 Å². The topological polar surface area (TPSA) is 26.3 Å². The van der Waals surface area contributed by atoms with Crippen LogP contribution in [0.15, 0.2) is 24.3 Å². The quantitative estimate of drug-likeness (QED) is 0.590. The molecule has 1 aromatic carbocycles. The molecule has 0 radical (unpaired) electrons. The molecular formula is C23H34O2. The summed E-state index contributed by atoms with van der Waals surface area (Å²) < 4.78 is 5.80. The lowest BCUT2D eigenvalue weighted by Crippen LogP contribution is -2.30. The van der Waals surface area contributed by atoms with Crippen molar-refractivity contribution in [2.75, 3.05) is 0 Å². The normalized spacial score (nSPS) is 30.1. The smallest absolute Gasteiger partial charge is 0.313 e. The van der Waals surface area contributed by atoms with Gasteiger partial charge in [-0.25, -0.2) is 0 Å². The molecule has 25 heavy (non-hydrogen) atoms. The van der Waals surface area contributed by atoms with Crippen molar-refractivity contribution in [3.63, 3.8) is 0 Å². The Kier molecular flexibility index (Phi) is 6.56. The van der Waals surface area contributed by atoms with Crippen molar-refractivity contribution in [3.8, 4) is 0 Å². The molecule has 1 aromatic rings. The predicted octanol–water partition coefficient (Wildman–Crippen LogP) is 6.03. The second-order valence-electron chi connectivity index (χ2n) is 8.16. The van der Waals surface area contributed by atoms with Crippen LogP contribution >= 0.6 is 0 Å². The zero-order valence-electron chi connectivity index (χ0n) is 16.0. The average Bonchev–Trinajstić information content (AvgIpc) is 2.67. The second-order valence-corrected chi connectivity index (χ2v) is 8.16. The van der Waals surface area contributed by atoms with Crippen molar-refractivity contribution in [2.45, 2.75) is 90.1 Å². The van der Waals surface area contributed by atoms with Crippen molar-refractivity contribution < 1.29 is 9.53 Å². The largest absolute Gasteiger partial charge is 0.462 e. The Labute approximate surface area is 153 Å². The Morgan fingerprint density at radius 3 is 2.16 bits per heavy atom. The van der Waals surface area contributed by atoms with Crippen LogP contribution in [0.1, 0.15) is 88.7 Å². The molecule has 2 unspecified atom stereocenters. The molecule has 3 rings (SSSR count). The molecule has 1 saturated carbocycles. The van der Waals surface area contributed by atoms with Gasteiger partial charge in [-0.05, 0) is 55.1 Å². The first-order valence-electron chi connectivity index (χ1n) is 10.5. The Bertz CT molecular complexity index is 540. The fourth-order valence-corrected chi connectivity index (χ4v) is 4.62. The number of cyclic esters (lactones) is 1. The highest BCUT2D eigenvalue weighted by Gasteiger charge is 2.31. The van der Waals surface area contributed by atoms with Gasteiger partial charge >= 0.3 is 5.97 Å². The third-order valence-corrected chi connectivity index (χ3v) is 6.58. The van der Waals surface area contributed by atoms with Gasteiger partial charge in [-0.2, -0.15) is 0 Å². The second kappa shape index (κ2) is 8.87. The maximum atomic E-state index is 12.5. The summed E-state index contributed by atoms with van der Waals surface area (Å²) in [6.07, 6.45) is 12.4. The molecular weight excluding hydrogens is 308 g/mol. The van der Waals surface area contributed by atoms with Gasteiger partial charge in [0.15, 0.2) is 0 Å². The van der Waals surface area contributed by atoms with Gasteiger partial charge < -0.3 is 4.74 Å². The van der Waals surface area contributed by atoms with E-state index >= 15 is 0 Å². The van der Waals surface area contributed by atoms with Crippen molar-refractivity contribution in [3.05, 3.63) is 35.4 Å². The fraction of sp³-hybridized carbons (Fsp3) is 0.696. The van der Waals surface area contributed by atoms with E-state index in [0.29, 0.717) is 0 Å². The minimum absolute atomic E-state index is 0.00445. The molecule has 1 heterocycles. The molecule has 2 fully saturated rings. The molecule has 2 heteroatoms. The first-order valence-corrected chi connectivity index (χ1v) is 10.5. The fourth-order valence-electron chi connectivity index (χ4n) is 4.62. The van der Waals surface area contributed by atoms with Crippen LogP contribution in [0.4, 0.5) is 0 Å². The molecule has 2 atom stereocenters. The molecule has 0 aromatic heterocycles. The molecule has 0 bridgehead atoms. The monoisotopic (exact) mass is 342 g/mol. The Morgan fingerprint density at radius 2 is 1.56 bits per heavy atom. The summed E-state index contributed by atoms with van der Waals surface area (Å²) >= 11 is 0. The summed E-state index contributed by atoms with van der Waals surface area (Å²) in [5.74, 6) is 1.77. The van der Waals surface area contributed by atoms with Gasteiger partial charge in [-0.1, -0.05) is 70.2 Å². The first kappa shape index (κ1) is 18.5. The van der Waals surface area contributed by atoms with E-state index in [-0.39, 0.29) is 18.0 Å². The molecule has 1 aliphatic carbocycles. The van der Waals surface area contributed by atoms with Gasteiger partial charge in [-0.15, -0.1) is 0 Å². The molecule has 2 nitrogen and oxygen atoms in total. The van der Waals surface area contributed by atoms with Crippen LogP contribution in [0.25, 0.3) is 0 Å². The molecule has 0 spiro atoms. The first-order chi connectivity index (χ1) is 12.2. The summed E-state index contributed by atoms with van der Waals surface area (Å²) in [7, 11) is 0. The van der Waals surface area contributed by atoms with E-state index in [2.05, 4.69) is 38.1 Å². The molecule has 0 N–H and O–H groups in total. The van der Waals surface area contributed by atoms with E-state index in [4.69, 9.17) is 4.74 Å². The number of rotatable bonds is 6. The van der Waals surface area contributed by atoms with E-state index in [1.165, 1.54) is 44.1 Å². The lowest BCUT2D eigenvalue weighted by molar-refractivity contribution is -0.156. The van der Waals surface area contributed by atoms with Gasteiger partial charge in [0.05, 0.1) is 5.92 Å². The summed E-state index contributed by atoms with van der Waals surface area (Å²) in [5, 5.41) is 0. The number of hydrogen-bond acceptors (Lipinski definition) is 2. The highest BCUT2D eigenvalue weighted by Crippen LogP contribution is 2.36. The number of esters is 1. The minimum Gasteiger partial charge on any atom is -0.462 e. The standard InChI is InChI=1S/C23H34O2/c1-3-17-5-7-19(8-6-17)11-14-21-15-16-22(23(24)25-21)20-12-9-18(4-2)10-13-20/h9-10,12-13,17,19,21-22H,3-8,11,14-16H2,1-2H3. The van der Waals surface area contributed by atoms with Crippen LogP contribution < -0.4 is 0 Å². The van der Waals surface area contributed by atoms with E-state index < -0.39 is 0 Å². The zero-order chi connectivity index (χ0) is 17.6. The maximum absolute atomic E-state index is 12.5. The number of hydrogen-bond donors (Lipinski definition) is 0. The van der Waals surface area contributed by atoms with E-state index in [1.54, 1.807) is 0 Å². The highest BCUT2D eigenvalue weighted by atomic mass is 16.5. The van der Waals surface area contributed by atoms with Gasteiger partial charge in [0.1, 0.15) is 6.10 Å². The van der Waals surface area contributed by atoms with Crippen LogP contribution in [0.2, 0.25) is 0 Å². The Hall–Kier alpha value is -1.31. The maximum Gasteiger partial charge on any atom is 0.313 e. The zero-order valence-corrected chi connectivity index (χ0v) is 16.0. The summed E-state index contributed by atoms with van der Waals surface area (Å²) in [4.78, 5) is 12.5. The third-order valence-electron chi connectivity index (χ3n) is 6.58. The predicted molar refractivity (Wildman–Crippen MR) is 103 cm³/mol. The van der Waals surface area contributed by atoms with E-state index in [9.17, 15) is 4.79 Å². The molecule has 138 valence electrons. The minimum atomic E-state index is -0.0536. The van der Waals surface area contributed by atoms with E-state index in [0.717, 1.165) is 43.1 Å². The number of ether oxygens (including phenoxy) is 1. The molecule has 0 amide bonds. The number of benzene rings is 1. The van der Waals surface area contributed by atoms with Crippen LogP contribution in [0.5, 0.6) is 0 Å². The lowest BCUT2D eigenvalue weighted by atomic mass is 9.78. The van der Waals surface area contributed by atoms with Crippen molar-refractivity contribution in [1.29, 1.82) is 0 Å². The van der Waals surface area contributed by atoms with Gasteiger partial charge in [-0.3, -0.25) is 4.79 Å². The SMILES string of the molecule is CCc1ccc(C2CCC(CCC3CCC(CC)CC3)OC2=O)cc1. The third kappa shape index (κ3) is 4.86. The lowest BCUT2D eigenvalue weighted by Gasteiger charge is -2.31. The van der Waals surface area contributed by atoms with Crippen LogP contribution in [0.3, 0.4) is 0 Å². The Morgan fingerprint density at radius 1 is 0.880 bits per heavy atom.